The van der Waals surface area contributed by atoms with Gasteiger partial charge in [0.15, 0.2) is 11.0 Å². The van der Waals surface area contributed by atoms with Gasteiger partial charge in [0.05, 0.1) is 30.1 Å². The first-order valence-corrected chi connectivity index (χ1v) is 9.06. The Morgan fingerprint density at radius 2 is 2.27 bits per heavy atom. The second-order valence-electron chi connectivity index (χ2n) is 5.43. The molecule has 2 aromatic heterocycles. The van der Waals surface area contributed by atoms with E-state index >= 15 is 0 Å². The number of nitriles is 1. The quantitative estimate of drug-likeness (QED) is 0.340. The molecule has 0 saturated heterocycles. The minimum absolute atomic E-state index is 0.501. The summed E-state index contributed by atoms with van der Waals surface area (Å²) < 4.78 is 13.1. The molecule has 6 nitrogen and oxygen atoms in total. The van der Waals surface area contributed by atoms with Gasteiger partial charge in [0.25, 0.3) is 0 Å². The van der Waals surface area contributed by atoms with Gasteiger partial charge in [0.1, 0.15) is 11.5 Å². The molecule has 0 aliphatic rings. The van der Waals surface area contributed by atoms with Crippen LogP contribution in [0.4, 0.5) is 0 Å². The molecule has 1 aromatic carbocycles. The van der Waals surface area contributed by atoms with Crippen LogP contribution in [0.3, 0.4) is 0 Å². The van der Waals surface area contributed by atoms with Crippen molar-refractivity contribution in [1.82, 2.24) is 14.8 Å². The fourth-order valence-corrected chi connectivity index (χ4v) is 3.22. The van der Waals surface area contributed by atoms with Gasteiger partial charge in [-0.3, -0.25) is 4.57 Å². The molecule has 3 aromatic rings. The third-order valence-electron chi connectivity index (χ3n) is 3.67. The highest BCUT2D eigenvalue weighted by molar-refractivity contribution is 7.99. The number of hydrogen-bond acceptors (Lipinski definition) is 6. The summed E-state index contributed by atoms with van der Waals surface area (Å²) >= 11 is 1.56. The summed E-state index contributed by atoms with van der Waals surface area (Å²) in [5, 5.41) is 18.3. The zero-order chi connectivity index (χ0) is 18.4. The molecule has 0 bridgehead atoms. The van der Waals surface area contributed by atoms with Crippen LogP contribution < -0.4 is 4.74 Å². The predicted molar refractivity (Wildman–Crippen MR) is 100 cm³/mol. The van der Waals surface area contributed by atoms with Crippen molar-refractivity contribution < 1.29 is 9.15 Å². The molecular weight excluding hydrogens is 348 g/mol. The number of rotatable bonds is 8. The molecule has 0 fully saturated rings. The molecular formula is C19H18N4O2S. The molecule has 7 heteroatoms. The number of hydrogen-bond donors (Lipinski definition) is 0. The van der Waals surface area contributed by atoms with E-state index in [-0.39, 0.29) is 0 Å². The smallest absolute Gasteiger partial charge is 0.191 e. The number of benzene rings is 1. The highest BCUT2D eigenvalue weighted by Crippen LogP contribution is 2.27. The predicted octanol–water partition coefficient (Wildman–Crippen LogP) is 4.08. The minimum atomic E-state index is 0.501. The zero-order valence-corrected chi connectivity index (χ0v) is 15.2. The maximum atomic E-state index is 8.92. The van der Waals surface area contributed by atoms with Crippen molar-refractivity contribution in [2.24, 2.45) is 0 Å². The molecule has 0 radical (unpaired) electrons. The minimum Gasteiger partial charge on any atom is -0.493 e. The van der Waals surface area contributed by atoms with E-state index in [1.807, 2.05) is 29.7 Å². The van der Waals surface area contributed by atoms with Crippen LogP contribution in [0.5, 0.6) is 5.75 Å². The Hall–Kier alpha value is -2.98. The lowest BCUT2D eigenvalue weighted by atomic mass is 10.2. The highest BCUT2D eigenvalue weighted by Gasteiger charge is 2.16. The van der Waals surface area contributed by atoms with Crippen LogP contribution in [-0.2, 0) is 6.54 Å². The van der Waals surface area contributed by atoms with E-state index in [0.717, 1.165) is 22.3 Å². The first-order valence-electron chi connectivity index (χ1n) is 8.07. The molecule has 0 unspecified atom stereocenters. The molecule has 0 spiro atoms. The maximum Gasteiger partial charge on any atom is 0.191 e. The largest absolute Gasteiger partial charge is 0.493 e. The van der Waals surface area contributed by atoms with E-state index in [2.05, 4.69) is 22.8 Å². The highest BCUT2D eigenvalue weighted by atomic mass is 32.2. The second-order valence-corrected chi connectivity index (χ2v) is 6.49. The molecule has 0 aliphatic heterocycles. The Balaban J connectivity index is 1.64. The number of ether oxygens (including phenoxy) is 1. The molecule has 0 atom stereocenters. The summed E-state index contributed by atoms with van der Waals surface area (Å²) in [7, 11) is 0. The molecule has 0 amide bonds. The van der Waals surface area contributed by atoms with Crippen LogP contribution in [-0.4, -0.2) is 27.1 Å². The van der Waals surface area contributed by atoms with Crippen molar-refractivity contribution in [3.05, 3.63) is 60.6 Å². The summed E-state index contributed by atoms with van der Waals surface area (Å²) in [4.78, 5) is 0. The first kappa shape index (κ1) is 17.8. The maximum absolute atomic E-state index is 8.92. The molecule has 2 heterocycles. The Labute approximate surface area is 156 Å². The van der Waals surface area contributed by atoms with Gasteiger partial charge in [-0.15, -0.1) is 16.8 Å². The van der Waals surface area contributed by atoms with Crippen LogP contribution in [0.25, 0.3) is 11.4 Å². The Kier molecular flexibility index (Phi) is 5.77. The SMILES string of the molecule is C=CCn1c(SCCOc2cccc(C#N)c2)nnc1-c1ccoc1C. The number of furan rings is 1. The van der Waals surface area contributed by atoms with Crippen LogP contribution in [0.1, 0.15) is 11.3 Å². The monoisotopic (exact) mass is 366 g/mol. The van der Waals surface area contributed by atoms with Crippen molar-refractivity contribution in [3.63, 3.8) is 0 Å². The zero-order valence-electron chi connectivity index (χ0n) is 14.4. The van der Waals surface area contributed by atoms with Crippen LogP contribution in [0.15, 0.2) is 58.8 Å². The molecule has 0 N–H and O–H groups in total. The summed E-state index contributed by atoms with van der Waals surface area (Å²) in [6.07, 6.45) is 3.46. The number of aryl methyl sites for hydroxylation is 1. The van der Waals surface area contributed by atoms with Gasteiger partial charge in [0, 0.05) is 12.3 Å². The van der Waals surface area contributed by atoms with E-state index in [1.165, 1.54) is 0 Å². The fourth-order valence-electron chi connectivity index (χ4n) is 2.45. The van der Waals surface area contributed by atoms with Gasteiger partial charge in [0.2, 0.25) is 0 Å². The number of aromatic nitrogens is 3. The summed E-state index contributed by atoms with van der Waals surface area (Å²) in [6.45, 7) is 6.83. The van der Waals surface area contributed by atoms with Crippen molar-refractivity contribution in [2.75, 3.05) is 12.4 Å². The van der Waals surface area contributed by atoms with E-state index in [1.54, 1.807) is 36.2 Å². The lowest BCUT2D eigenvalue weighted by Gasteiger charge is -2.08. The molecule has 0 aliphatic carbocycles. The molecule has 0 saturated carbocycles. The van der Waals surface area contributed by atoms with Gasteiger partial charge in [-0.05, 0) is 31.2 Å². The van der Waals surface area contributed by atoms with E-state index in [4.69, 9.17) is 14.4 Å². The molecule has 3 rings (SSSR count). The third kappa shape index (κ3) is 3.98. The lowest BCUT2D eigenvalue weighted by molar-refractivity contribution is 0.343. The fraction of sp³-hybridized carbons (Fsp3) is 0.211. The van der Waals surface area contributed by atoms with Crippen LogP contribution in [0, 0.1) is 18.3 Å². The Morgan fingerprint density at radius 1 is 1.38 bits per heavy atom. The average Bonchev–Trinajstić information content (AvgIpc) is 3.25. The summed E-state index contributed by atoms with van der Waals surface area (Å²) in [6, 6.07) is 11.1. The van der Waals surface area contributed by atoms with Crippen molar-refractivity contribution in [3.8, 4) is 23.2 Å². The van der Waals surface area contributed by atoms with Gasteiger partial charge in [-0.2, -0.15) is 5.26 Å². The van der Waals surface area contributed by atoms with E-state index in [0.29, 0.717) is 30.2 Å². The lowest BCUT2D eigenvalue weighted by Crippen LogP contribution is -2.04. The summed E-state index contributed by atoms with van der Waals surface area (Å²) in [5.74, 6) is 2.96. The Bertz CT molecular complexity index is 939. The van der Waals surface area contributed by atoms with Gasteiger partial charge >= 0.3 is 0 Å². The van der Waals surface area contributed by atoms with Crippen molar-refractivity contribution in [2.45, 2.75) is 18.6 Å². The van der Waals surface area contributed by atoms with Gasteiger partial charge < -0.3 is 9.15 Å². The van der Waals surface area contributed by atoms with Gasteiger partial charge in [-0.25, -0.2) is 0 Å². The average molecular weight is 366 g/mol. The van der Waals surface area contributed by atoms with Crippen molar-refractivity contribution >= 4 is 11.8 Å². The number of nitrogens with zero attached hydrogens (tertiary/aromatic N) is 4. The third-order valence-corrected chi connectivity index (χ3v) is 4.61. The Morgan fingerprint density at radius 3 is 3.00 bits per heavy atom. The molecule has 26 heavy (non-hydrogen) atoms. The van der Waals surface area contributed by atoms with Crippen LogP contribution in [0.2, 0.25) is 0 Å². The number of thioether (sulfide) groups is 1. The molecule has 132 valence electrons. The van der Waals surface area contributed by atoms with Crippen LogP contribution >= 0.6 is 11.8 Å². The van der Waals surface area contributed by atoms with E-state index in [9.17, 15) is 0 Å². The first-order chi connectivity index (χ1) is 12.7. The second kappa shape index (κ2) is 8.41. The topological polar surface area (TPSA) is 76.9 Å². The van der Waals surface area contributed by atoms with Crippen molar-refractivity contribution in [1.29, 1.82) is 5.26 Å². The van der Waals surface area contributed by atoms with E-state index < -0.39 is 0 Å². The number of allylic oxidation sites excluding steroid dienone is 1. The normalized spacial score (nSPS) is 10.5. The van der Waals surface area contributed by atoms with Gasteiger partial charge in [-0.1, -0.05) is 23.9 Å². The summed E-state index contributed by atoms with van der Waals surface area (Å²) in [5.41, 5.74) is 1.51. The standard InChI is InChI=1S/C19H18N4O2S/c1-3-8-23-18(17-7-9-24-14(17)2)21-22-19(23)26-11-10-25-16-6-4-5-15(12-16)13-20/h3-7,9,12H,1,8,10-11H2,2H3.